The molecule has 1 spiro atoms. The van der Waals surface area contributed by atoms with Crippen LogP contribution in [-0.2, 0) is 6.42 Å². The van der Waals surface area contributed by atoms with E-state index in [-0.39, 0.29) is 11.4 Å². The molecule has 1 aromatic rings. The summed E-state index contributed by atoms with van der Waals surface area (Å²) in [6.45, 7) is 1.76. The van der Waals surface area contributed by atoms with Crippen molar-refractivity contribution in [2.24, 2.45) is 0 Å². The number of nitrogens with one attached hydrogen (secondary N) is 1. The van der Waals surface area contributed by atoms with Crippen LogP contribution in [0.2, 0.25) is 0 Å². The minimum Gasteiger partial charge on any atom is -0.484 e. The lowest BCUT2D eigenvalue weighted by molar-refractivity contribution is 0.0384. The van der Waals surface area contributed by atoms with Crippen LogP contribution in [0.4, 0.5) is 4.39 Å². The second-order valence-electron chi connectivity index (χ2n) is 3.82. The predicted molar refractivity (Wildman–Crippen MR) is 46.3 cm³/mol. The number of hydrogen-bond acceptors (Lipinski definition) is 2. The van der Waals surface area contributed by atoms with Gasteiger partial charge in [-0.2, -0.15) is 0 Å². The Hall–Kier alpha value is -1.09. The average Bonchev–Trinajstić information content (AvgIpc) is 2.41. The van der Waals surface area contributed by atoms with E-state index >= 15 is 0 Å². The summed E-state index contributed by atoms with van der Waals surface area (Å²) >= 11 is 0. The Bertz CT molecular complexity index is 360. The van der Waals surface area contributed by atoms with Gasteiger partial charge in [-0.3, -0.25) is 0 Å². The van der Waals surface area contributed by atoms with Crippen molar-refractivity contribution in [1.82, 2.24) is 5.32 Å². The van der Waals surface area contributed by atoms with Gasteiger partial charge in [-0.25, -0.2) is 4.39 Å². The molecule has 0 saturated carbocycles. The molecule has 1 N–H and O–H groups in total. The molecule has 1 fully saturated rings. The molecule has 1 saturated heterocycles. The zero-order chi connectivity index (χ0) is 8.89. The molecule has 2 heterocycles. The molecule has 3 rings (SSSR count). The van der Waals surface area contributed by atoms with Gasteiger partial charge in [0.15, 0.2) is 0 Å². The summed E-state index contributed by atoms with van der Waals surface area (Å²) < 4.78 is 18.5. The number of fused-ring (bicyclic) bond motifs is 1. The fourth-order valence-corrected chi connectivity index (χ4v) is 1.99. The van der Waals surface area contributed by atoms with Crippen molar-refractivity contribution in [1.29, 1.82) is 0 Å². The highest BCUT2D eigenvalue weighted by molar-refractivity contribution is 5.40. The van der Waals surface area contributed by atoms with E-state index < -0.39 is 0 Å². The first-order valence-electron chi connectivity index (χ1n) is 4.46. The topological polar surface area (TPSA) is 21.3 Å². The van der Waals surface area contributed by atoms with Crippen LogP contribution in [-0.4, -0.2) is 18.7 Å². The molecule has 0 atom stereocenters. The molecule has 0 bridgehead atoms. The zero-order valence-corrected chi connectivity index (χ0v) is 7.14. The van der Waals surface area contributed by atoms with Crippen LogP contribution in [0, 0.1) is 5.82 Å². The van der Waals surface area contributed by atoms with Crippen LogP contribution in [0.3, 0.4) is 0 Å². The van der Waals surface area contributed by atoms with E-state index in [0.29, 0.717) is 0 Å². The summed E-state index contributed by atoms with van der Waals surface area (Å²) in [7, 11) is 0. The van der Waals surface area contributed by atoms with Crippen molar-refractivity contribution in [3.63, 3.8) is 0 Å². The monoisotopic (exact) mass is 179 g/mol. The second-order valence-corrected chi connectivity index (χ2v) is 3.82. The number of ether oxygens (including phenoxy) is 1. The molecule has 0 amide bonds. The molecule has 2 aliphatic heterocycles. The molecule has 0 aliphatic carbocycles. The van der Waals surface area contributed by atoms with Crippen molar-refractivity contribution < 1.29 is 9.13 Å². The van der Waals surface area contributed by atoms with Crippen LogP contribution in [0.15, 0.2) is 18.2 Å². The molecule has 2 aliphatic rings. The Balaban J connectivity index is 1.99. The number of benzene rings is 1. The molecular formula is C10H10FNO. The minimum absolute atomic E-state index is 0.0594. The van der Waals surface area contributed by atoms with Gasteiger partial charge in [-0.05, 0) is 11.6 Å². The molecule has 0 unspecified atom stereocenters. The Morgan fingerprint density at radius 1 is 1.38 bits per heavy atom. The van der Waals surface area contributed by atoms with Crippen molar-refractivity contribution >= 4 is 0 Å². The smallest absolute Gasteiger partial charge is 0.138 e. The molecule has 2 nitrogen and oxygen atoms in total. The first-order chi connectivity index (χ1) is 6.27. The van der Waals surface area contributed by atoms with Gasteiger partial charge in [-0.1, -0.05) is 6.07 Å². The van der Waals surface area contributed by atoms with Crippen LogP contribution in [0.25, 0.3) is 0 Å². The summed E-state index contributed by atoms with van der Waals surface area (Å²) in [6, 6.07) is 4.79. The van der Waals surface area contributed by atoms with E-state index in [4.69, 9.17) is 4.74 Å². The standard InChI is InChI=1S/C10H10FNO/c11-8-2-1-7-4-10(5-12-6-10)13-9(7)3-8/h1-3,12H,4-6H2. The van der Waals surface area contributed by atoms with E-state index in [1.807, 2.05) is 6.07 Å². The van der Waals surface area contributed by atoms with E-state index in [1.165, 1.54) is 12.1 Å². The summed E-state index contributed by atoms with van der Waals surface area (Å²) in [6.07, 6.45) is 0.912. The van der Waals surface area contributed by atoms with Crippen LogP contribution in [0.5, 0.6) is 5.75 Å². The average molecular weight is 179 g/mol. The summed E-state index contributed by atoms with van der Waals surface area (Å²) in [5.74, 6) is 0.504. The van der Waals surface area contributed by atoms with Crippen molar-refractivity contribution in [3.05, 3.63) is 29.6 Å². The largest absolute Gasteiger partial charge is 0.484 e. The number of halogens is 1. The van der Waals surface area contributed by atoms with Crippen molar-refractivity contribution in [2.75, 3.05) is 13.1 Å². The summed E-state index contributed by atoms with van der Waals surface area (Å²) in [4.78, 5) is 0. The van der Waals surface area contributed by atoms with Gasteiger partial charge < -0.3 is 10.1 Å². The molecular weight excluding hydrogens is 169 g/mol. The van der Waals surface area contributed by atoms with Gasteiger partial charge in [0, 0.05) is 25.6 Å². The van der Waals surface area contributed by atoms with E-state index in [1.54, 1.807) is 0 Å². The fourth-order valence-electron chi connectivity index (χ4n) is 1.99. The molecule has 13 heavy (non-hydrogen) atoms. The first-order valence-corrected chi connectivity index (χ1v) is 4.46. The van der Waals surface area contributed by atoms with Crippen LogP contribution >= 0.6 is 0 Å². The highest BCUT2D eigenvalue weighted by Crippen LogP contribution is 2.37. The van der Waals surface area contributed by atoms with Crippen LogP contribution in [0.1, 0.15) is 5.56 Å². The fraction of sp³-hybridized carbons (Fsp3) is 0.400. The second kappa shape index (κ2) is 2.23. The van der Waals surface area contributed by atoms with E-state index in [9.17, 15) is 4.39 Å². The van der Waals surface area contributed by atoms with Gasteiger partial charge in [0.05, 0.1) is 0 Å². The third kappa shape index (κ3) is 0.968. The van der Waals surface area contributed by atoms with Gasteiger partial charge in [0.1, 0.15) is 17.2 Å². The van der Waals surface area contributed by atoms with Gasteiger partial charge >= 0.3 is 0 Å². The quantitative estimate of drug-likeness (QED) is 0.644. The first kappa shape index (κ1) is 7.33. The summed E-state index contributed by atoms with van der Waals surface area (Å²) in [5.41, 5.74) is 1.07. The van der Waals surface area contributed by atoms with Gasteiger partial charge in [0.25, 0.3) is 0 Å². The van der Waals surface area contributed by atoms with Crippen LogP contribution < -0.4 is 10.1 Å². The normalized spacial score (nSPS) is 22.2. The Labute approximate surface area is 75.7 Å². The van der Waals surface area contributed by atoms with Gasteiger partial charge in [-0.15, -0.1) is 0 Å². The van der Waals surface area contributed by atoms with Crippen molar-refractivity contribution in [2.45, 2.75) is 12.0 Å². The molecule has 1 aromatic carbocycles. The minimum atomic E-state index is -0.219. The molecule has 0 aromatic heterocycles. The lowest BCUT2D eigenvalue weighted by Crippen LogP contribution is -2.62. The van der Waals surface area contributed by atoms with E-state index in [0.717, 1.165) is 30.8 Å². The number of rotatable bonds is 0. The maximum absolute atomic E-state index is 12.8. The van der Waals surface area contributed by atoms with Crippen molar-refractivity contribution in [3.8, 4) is 5.75 Å². The predicted octanol–water partition coefficient (Wildman–Crippen LogP) is 1.10. The molecule has 0 radical (unpaired) electrons. The third-order valence-corrected chi connectivity index (χ3v) is 2.76. The Kier molecular flexibility index (Phi) is 1.26. The zero-order valence-electron chi connectivity index (χ0n) is 7.14. The maximum Gasteiger partial charge on any atom is 0.138 e. The SMILES string of the molecule is Fc1ccc2c(c1)OC1(CNC1)C2. The Morgan fingerprint density at radius 2 is 2.23 bits per heavy atom. The third-order valence-electron chi connectivity index (χ3n) is 2.76. The number of hydrogen-bond donors (Lipinski definition) is 1. The molecule has 3 heteroatoms. The van der Waals surface area contributed by atoms with E-state index in [2.05, 4.69) is 5.32 Å². The van der Waals surface area contributed by atoms with Gasteiger partial charge in [0.2, 0.25) is 0 Å². The summed E-state index contributed by atoms with van der Waals surface area (Å²) in [5, 5.41) is 3.17. The highest BCUT2D eigenvalue weighted by atomic mass is 19.1. The lowest BCUT2D eigenvalue weighted by atomic mass is 9.91. The highest BCUT2D eigenvalue weighted by Gasteiger charge is 2.44. The molecule has 68 valence electrons. The lowest BCUT2D eigenvalue weighted by Gasteiger charge is -2.38. The Morgan fingerprint density at radius 3 is 2.92 bits per heavy atom. The maximum atomic E-state index is 12.8.